The molecule has 3 rings (SSSR count). The molecule has 1 aliphatic heterocycles. The molecule has 1 aromatic heterocycles. The van der Waals surface area contributed by atoms with Gasteiger partial charge in [0.2, 0.25) is 0 Å². The van der Waals surface area contributed by atoms with Crippen LogP contribution in [0.5, 0.6) is 0 Å². The third-order valence-electron chi connectivity index (χ3n) is 3.96. The number of carbonyl (C=O) groups excluding carboxylic acids is 1. The van der Waals surface area contributed by atoms with E-state index in [9.17, 15) is 9.18 Å². The van der Waals surface area contributed by atoms with E-state index >= 15 is 0 Å². The molecule has 0 spiro atoms. The Morgan fingerprint density at radius 1 is 1.41 bits per heavy atom. The standard InChI is InChI=1S/C16H19FN4O/c1-11-15(16(22)20-13-3-2-8-18-9-13)10-19-21(11)14-6-4-12(17)5-7-14/h4-7,10,13,18H,2-3,8-9H2,1H3,(H,20,22)/t13-/m0/s1. The van der Waals surface area contributed by atoms with E-state index < -0.39 is 0 Å². The molecular weight excluding hydrogens is 283 g/mol. The number of halogens is 1. The van der Waals surface area contributed by atoms with Gasteiger partial charge in [-0.1, -0.05) is 0 Å². The van der Waals surface area contributed by atoms with Crippen LogP contribution in [0.15, 0.2) is 30.5 Å². The third-order valence-corrected chi connectivity index (χ3v) is 3.96. The summed E-state index contributed by atoms with van der Waals surface area (Å²) in [5.41, 5.74) is 2.03. The molecule has 1 amide bonds. The molecule has 0 bridgehead atoms. The highest BCUT2D eigenvalue weighted by molar-refractivity contribution is 5.95. The summed E-state index contributed by atoms with van der Waals surface area (Å²) < 4.78 is 14.6. The number of piperidine rings is 1. The summed E-state index contributed by atoms with van der Waals surface area (Å²) >= 11 is 0. The van der Waals surface area contributed by atoms with Gasteiger partial charge in [-0.2, -0.15) is 5.10 Å². The first-order valence-corrected chi connectivity index (χ1v) is 7.47. The van der Waals surface area contributed by atoms with E-state index in [4.69, 9.17) is 0 Å². The lowest BCUT2D eigenvalue weighted by Gasteiger charge is -2.23. The molecule has 0 aliphatic carbocycles. The number of hydrogen-bond acceptors (Lipinski definition) is 3. The van der Waals surface area contributed by atoms with Crippen LogP contribution in [0.4, 0.5) is 4.39 Å². The summed E-state index contributed by atoms with van der Waals surface area (Å²) in [6, 6.07) is 6.20. The van der Waals surface area contributed by atoms with Crippen LogP contribution in [-0.4, -0.2) is 34.8 Å². The van der Waals surface area contributed by atoms with Crippen molar-refractivity contribution in [2.45, 2.75) is 25.8 Å². The highest BCUT2D eigenvalue weighted by Gasteiger charge is 2.20. The molecular formula is C16H19FN4O. The second-order valence-electron chi connectivity index (χ2n) is 5.55. The van der Waals surface area contributed by atoms with E-state index in [0.29, 0.717) is 5.56 Å². The highest BCUT2D eigenvalue weighted by atomic mass is 19.1. The van der Waals surface area contributed by atoms with E-state index in [0.717, 1.165) is 37.3 Å². The minimum atomic E-state index is -0.295. The lowest BCUT2D eigenvalue weighted by atomic mass is 10.1. The Hall–Kier alpha value is -2.21. The third kappa shape index (κ3) is 3.01. The van der Waals surface area contributed by atoms with Gasteiger partial charge in [0.1, 0.15) is 5.82 Å². The van der Waals surface area contributed by atoms with Crippen molar-refractivity contribution in [1.82, 2.24) is 20.4 Å². The maximum Gasteiger partial charge on any atom is 0.255 e. The van der Waals surface area contributed by atoms with Gasteiger partial charge < -0.3 is 10.6 Å². The first kappa shape index (κ1) is 14.7. The molecule has 2 N–H and O–H groups in total. The number of hydrogen-bond donors (Lipinski definition) is 2. The van der Waals surface area contributed by atoms with Gasteiger partial charge in [0.25, 0.3) is 5.91 Å². The monoisotopic (exact) mass is 302 g/mol. The Labute approximate surface area is 128 Å². The maximum atomic E-state index is 13.0. The first-order chi connectivity index (χ1) is 10.6. The minimum Gasteiger partial charge on any atom is -0.348 e. The van der Waals surface area contributed by atoms with Crippen LogP contribution in [0.1, 0.15) is 28.9 Å². The van der Waals surface area contributed by atoms with Crippen molar-refractivity contribution in [2.24, 2.45) is 0 Å². The van der Waals surface area contributed by atoms with E-state index in [2.05, 4.69) is 15.7 Å². The topological polar surface area (TPSA) is 59.0 Å². The van der Waals surface area contributed by atoms with Crippen molar-refractivity contribution >= 4 is 5.91 Å². The van der Waals surface area contributed by atoms with Gasteiger partial charge in [-0.25, -0.2) is 9.07 Å². The summed E-state index contributed by atoms with van der Waals surface area (Å²) in [5.74, 6) is -0.407. The number of amides is 1. The van der Waals surface area contributed by atoms with Crippen molar-refractivity contribution in [1.29, 1.82) is 0 Å². The maximum absolute atomic E-state index is 13.0. The largest absolute Gasteiger partial charge is 0.348 e. The Morgan fingerprint density at radius 2 is 2.18 bits per heavy atom. The summed E-state index contributed by atoms with van der Waals surface area (Å²) in [6.45, 7) is 3.65. The fourth-order valence-corrected chi connectivity index (χ4v) is 2.71. The predicted molar refractivity (Wildman–Crippen MR) is 81.6 cm³/mol. The second-order valence-corrected chi connectivity index (χ2v) is 5.55. The molecule has 116 valence electrons. The van der Waals surface area contributed by atoms with Crippen LogP contribution in [0, 0.1) is 12.7 Å². The van der Waals surface area contributed by atoms with Crippen LogP contribution >= 0.6 is 0 Å². The molecule has 2 aromatic rings. The number of carbonyl (C=O) groups is 1. The number of aromatic nitrogens is 2. The van der Waals surface area contributed by atoms with Crippen molar-refractivity contribution in [3.63, 3.8) is 0 Å². The molecule has 1 saturated heterocycles. The lowest BCUT2D eigenvalue weighted by molar-refractivity contribution is 0.0930. The average molecular weight is 302 g/mol. The molecule has 5 nitrogen and oxygen atoms in total. The van der Waals surface area contributed by atoms with Crippen molar-refractivity contribution in [2.75, 3.05) is 13.1 Å². The number of benzene rings is 1. The summed E-state index contributed by atoms with van der Waals surface area (Å²) in [5, 5.41) is 10.6. The number of nitrogens with one attached hydrogen (secondary N) is 2. The van der Waals surface area contributed by atoms with Crippen molar-refractivity contribution in [3.8, 4) is 5.69 Å². The molecule has 1 aliphatic rings. The average Bonchev–Trinajstić information content (AvgIpc) is 2.91. The minimum absolute atomic E-state index is 0.112. The Balaban J connectivity index is 1.77. The number of nitrogens with zero attached hydrogens (tertiary/aromatic N) is 2. The normalized spacial score (nSPS) is 18.2. The molecule has 1 aromatic carbocycles. The Kier molecular flexibility index (Phi) is 4.20. The first-order valence-electron chi connectivity index (χ1n) is 7.47. The van der Waals surface area contributed by atoms with Gasteiger partial charge in [0.05, 0.1) is 23.1 Å². The summed E-state index contributed by atoms with van der Waals surface area (Å²) in [4.78, 5) is 12.4. The van der Waals surface area contributed by atoms with Gasteiger partial charge in [0.15, 0.2) is 0 Å². The van der Waals surface area contributed by atoms with Crippen LogP contribution in [0.25, 0.3) is 5.69 Å². The SMILES string of the molecule is Cc1c(C(=O)N[C@H]2CCCNC2)cnn1-c1ccc(F)cc1. The molecule has 22 heavy (non-hydrogen) atoms. The summed E-state index contributed by atoms with van der Waals surface area (Å²) in [7, 11) is 0. The molecule has 0 radical (unpaired) electrons. The van der Waals surface area contributed by atoms with Gasteiger partial charge in [-0.05, 0) is 50.6 Å². The number of rotatable bonds is 3. The summed E-state index contributed by atoms with van der Waals surface area (Å²) in [6.07, 6.45) is 3.62. The van der Waals surface area contributed by atoms with Crippen LogP contribution in [-0.2, 0) is 0 Å². The second kappa shape index (κ2) is 6.27. The van der Waals surface area contributed by atoms with E-state index in [1.54, 1.807) is 23.0 Å². The fourth-order valence-electron chi connectivity index (χ4n) is 2.71. The molecule has 1 fully saturated rings. The molecule has 6 heteroatoms. The quantitative estimate of drug-likeness (QED) is 0.909. The molecule has 2 heterocycles. The molecule has 1 atom stereocenters. The highest BCUT2D eigenvalue weighted by Crippen LogP contribution is 2.15. The van der Waals surface area contributed by atoms with Gasteiger partial charge in [-0.15, -0.1) is 0 Å². The zero-order valence-corrected chi connectivity index (χ0v) is 12.5. The van der Waals surface area contributed by atoms with Gasteiger partial charge in [-0.3, -0.25) is 4.79 Å². The molecule has 0 saturated carbocycles. The Bertz CT molecular complexity index is 659. The van der Waals surface area contributed by atoms with E-state index in [1.807, 2.05) is 6.92 Å². The zero-order valence-electron chi connectivity index (χ0n) is 12.5. The van der Waals surface area contributed by atoms with E-state index in [1.165, 1.54) is 12.1 Å². The van der Waals surface area contributed by atoms with Crippen molar-refractivity contribution < 1.29 is 9.18 Å². The smallest absolute Gasteiger partial charge is 0.255 e. The van der Waals surface area contributed by atoms with E-state index in [-0.39, 0.29) is 17.8 Å². The lowest BCUT2D eigenvalue weighted by Crippen LogP contribution is -2.45. The van der Waals surface area contributed by atoms with Crippen LogP contribution in [0.2, 0.25) is 0 Å². The zero-order chi connectivity index (χ0) is 15.5. The van der Waals surface area contributed by atoms with Gasteiger partial charge >= 0.3 is 0 Å². The van der Waals surface area contributed by atoms with Crippen LogP contribution < -0.4 is 10.6 Å². The Morgan fingerprint density at radius 3 is 2.86 bits per heavy atom. The molecule has 0 unspecified atom stereocenters. The van der Waals surface area contributed by atoms with Gasteiger partial charge in [0, 0.05) is 12.6 Å². The van der Waals surface area contributed by atoms with Crippen molar-refractivity contribution in [3.05, 3.63) is 47.5 Å². The van der Waals surface area contributed by atoms with Crippen LogP contribution in [0.3, 0.4) is 0 Å². The predicted octanol–water partition coefficient (Wildman–Crippen LogP) is 1.80. The fraction of sp³-hybridized carbons (Fsp3) is 0.375.